The maximum absolute atomic E-state index is 2.50. The summed E-state index contributed by atoms with van der Waals surface area (Å²) in [6.07, 6.45) is 26.3. The SMILES string of the molecule is C1=CC(c2cc3ccccn3c2)CC=C1N(C1=CC=C(C2=CC=C(c3ccc(-c4ccccc4)cc3)CC2)CC1)c1ccc(-c2cc3ccccc3s2)cc1. The van der Waals surface area contributed by atoms with E-state index in [4.69, 9.17) is 0 Å². The number of hydrogen-bond donors (Lipinski definition) is 0. The number of thiophene rings is 1. The van der Waals surface area contributed by atoms with E-state index < -0.39 is 0 Å². The number of nitrogens with zero attached hydrogens (tertiary/aromatic N) is 2. The number of anilines is 1. The molecule has 0 saturated heterocycles. The molecule has 0 spiro atoms. The Hall–Kier alpha value is -6.16. The molecule has 266 valence electrons. The number of benzene rings is 4. The van der Waals surface area contributed by atoms with Crippen LogP contribution in [0, 0.1) is 0 Å². The third-order valence-electron chi connectivity index (χ3n) is 11.5. The fourth-order valence-electron chi connectivity index (χ4n) is 8.41. The fourth-order valence-corrected chi connectivity index (χ4v) is 9.48. The van der Waals surface area contributed by atoms with E-state index in [-0.39, 0.29) is 0 Å². The molecule has 10 rings (SSSR count). The molecule has 2 nitrogen and oxygen atoms in total. The highest BCUT2D eigenvalue weighted by molar-refractivity contribution is 7.22. The smallest absolute Gasteiger partial charge is 0.0458 e. The van der Waals surface area contributed by atoms with Crippen LogP contribution in [0.5, 0.6) is 0 Å². The van der Waals surface area contributed by atoms with Crippen LogP contribution in [0.3, 0.4) is 0 Å². The van der Waals surface area contributed by atoms with E-state index in [2.05, 4.69) is 198 Å². The van der Waals surface area contributed by atoms with Crippen LogP contribution in [0.15, 0.2) is 211 Å². The molecule has 3 aliphatic rings. The highest BCUT2D eigenvalue weighted by atomic mass is 32.1. The summed E-state index contributed by atoms with van der Waals surface area (Å²) in [6, 6.07) is 48.6. The molecular weight excluding hydrogens is 685 g/mol. The Morgan fingerprint density at radius 1 is 0.582 bits per heavy atom. The van der Waals surface area contributed by atoms with E-state index in [1.54, 1.807) is 0 Å². The van der Waals surface area contributed by atoms with Gasteiger partial charge in [0, 0.05) is 50.5 Å². The first-order valence-electron chi connectivity index (χ1n) is 19.5. The lowest BCUT2D eigenvalue weighted by atomic mass is 9.86. The van der Waals surface area contributed by atoms with Crippen LogP contribution in [0.2, 0.25) is 0 Å². The summed E-state index contributed by atoms with van der Waals surface area (Å²) in [5.41, 5.74) is 15.9. The maximum atomic E-state index is 2.50. The second-order valence-electron chi connectivity index (χ2n) is 14.8. The zero-order chi connectivity index (χ0) is 36.6. The lowest BCUT2D eigenvalue weighted by Gasteiger charge is -2.33. The van der Waals surface area contributed by atoms with Gasteiger partial charge in [-0.25, -0.2) is 0 Å². The number of pyridine rings is 1. The first kappa shape index (κ1) is 33.4. The fraction of sp³-hybridized carbons (Fsp3) is 0.115. The summed E-state index contributed by atoms with van der Waals surface area (Å²) in [5, 5.41) is 1.31. The average molecular weight is 727 g/mol. The molecule has 0 aliphatic heterocycles. The topological polar surface area (TPSA) is 7.65 Å². The molecule has 3 heteroatoms. The van der Waals surface area contributed by atoms with E-state index in [9.17, 15) is 0 Å². The number of fused-ring (bicyclic) bond motifs is 2. The molecule has 0 N–H and O–H groups in total. The van der Waals surface area contributed by atoms with E-state index in [0.29, 0.717) is 5.92 Å². The molecule has 0 amide bonds. The molecule has 1 unspecified atom stereocenters. The zero-order valence-corrected chi connectivity index (χ0v) is 31.6. The van der Waals surface area contributed by atoms with Gasteiger partial charge < -0.3 is 9.30 Å². The standard InChI is InChI=1S/C52H42N2S/c1-2-8-37(9-3-1)38-13-15-39(16-14-38)40-17-19-41(20-18-40)42-21-27-47(28-22-42)54(48-29-23-43(24-30-48)46-34-50-11-6-7-33-53(50)36-46)49-31-25-44(26-32-49)52-35-45-10-4-5-12-51(45)55-52/h1-17,19,21,23,25-27,29-36,43H,18,20,22,24,28H2. The molecule has 3 heterocycles. The van der Waals surface area contributed by atoms with Crippen molar-refractivity contribution in [2.24, 2.45) is 0 Å². The van der Waals surface area contributed by atoms with Crippen molar-refractivity contribution in [2.45, 2.75) is 38.0 Å². The summed E-state index contributed by atoms with van der Waals surface area (Å²) in [7, 11) is 0. The number of allylic oxidation sites excluding steroid dienone is 11. The highest BCUT2D eigenvalue weighted by Crippen LogP contribution is 2.40. The van der Waals surface area contributed by atoms with Crippen molar-refractivity contribution in [1.82, 2.24) is 4.40 Å². The lowest BCUT2D eigenvalue weighted by molar-refractivity contribution is 0.815. The van der Waals surface area contributed by atoms with Crippen LogP contribution in [-0.2, 0) is 0 Å². The summed E-state index contributed by atoms with van der Waals surface area (Å²) in [5.74, 6) is 0.366. The van der Waals surface area contributed by atoms with Gasteiger partial charge in [-0.1, -0.05) is 121 Å². The predicted octanol–water partition coefficient (Wildman–Crippen LogP) is 14.3. The van der Waals surface area contributed by atoms with Gasteiger partial charge in [0.05, 0.1) is 0 Å². The minimum atomic E-state index is 0.366. The summed E-state index contributed by atoms with van der Waals surface area (Å²) in [6.45, 7) is 0. The van der Waals surface area contributed by atoms with Crippen LogP contribution in [0.25, 0.3) is 42.7 Å². The normalized spacial score (nSPS) is 17.0. The van der Waals surface area contributed by atoms with Crippen LogP contribution in [0.4, 0.5) is 5.69 Å². The van der Waals surface area contributed by atoms with E-state index in [1.807, 2.05) is 11.3 Å². The monoisotopic (exact) mass is 726 g/mol. The largest absolute Gasteiger partial charge is 0.324 e. The zero-order valence-electron chi connectivity index (χ0n) is 30.8. The summed E-state index contributed by atoms with van der Waals surface area (Å²) < 4.78 is 3.56. The van der Waals surface area contributed by atoms with E-state index in [0.717, 1.165) is 32.1 Å². The molecule has 7 aromatic rings. The summed E-state index contributed by atoms with van der Waals surface area (Å²) >= 11 is 1.87. The molecule has 0 fully saturated rings. The Labute approximate surface area is 327 Å². The summed E-state index contributed by atoms with van der Waals surface area (Å²) in [4.78, 5) is 3.81. The maximum Gasteiger partial charge on any atom is 0.0458 e. The molecular formula is C52H42N2S. The van der Waals surface area contributed by atoms with Gasteiger partial charge in [0.25, 0.3) is 0 Å². The quantitative estimate of drug-likeness (QED) is 0.151. The van der Waals surface area contributed by atoms with E-state index in [1.165, 1.54) is 82.1 Å². The Kier molecular flexibility index (Phi) is 8.86. The Bertz CT molecular complexity index is 2640. The molecule has 0 radical (unpaired) electrons. The van der Waals surface area contributed by atoms with Crippen molar-refractivity contribution in [2.75, 3.05) is 4.90 Å². The van der Waals surface area contributed by atoms with Gasteiger partial charge in [-0.05, 0) is 137 Å². The van der Waals surface area contributed by atoms with Crippen LogP contribution in [0.1, 0.15) is 49.1 Å². The minimum Gasteiger partial charge on any atom is -0.324 e. The lowest BCUT2D eigenvalue weighted by Crippen LogP contribution is -2.23. The van der Waals surface area contributed by atoms with Gasteiger partial charge in [-0.15, -0.1) is 11.3 Å². The minimum absolute atomic E-state index is 0.366. The molecule has 55 heavy (non-hydrogen) atoms. The van der Waals surface area contributed by atoms with Crippen molar-refractivity contribution in [3.8, 4) is 21.6 Å². The van der Waals surface area contributed by atoms with Gasteiger partial charge in [0.15, 0.2) is 0 Å². The van der Waals surface area contributed by atoms with Crippen molar-refractivity contribution in [1.29, 1.82) is 0 Å². The van der Waals surface area contributed by atoms with Gasteiger partial charge in [0.1, 0.15) is 0 Å². The van der Waals surface area contributed by atoms with Gasteiger partial charge in [-0.3, -0.25) is 0 Å². The third kappa shape index (κ3) is 6.77. The van der Waals surface area contributed by atoms with Gasteiger partial charge in [0.2, 0.25) is 0 Å². The molecule has 1 atom stereocenters. The third-order valence-corrected chi connectivity index (χ3v) is 12.6. The van der Waals surface area contributed by atoms with Crippen LogP contribution < -0.4 is 4.90 Å². The van der Waals surface area contributed by atoms with Gasteiger partial charge in [-0.2, -0.15) is 0 Å². The molecule has 3 aromatic heterocycles. The van der Waals surface area contributed by atoms with Crippen molar-refractivity contribution in [3.63, 3.8) is 0 Å². The van der Waals surface area contributed by atoms with Crippen molar-refractivity contribution < 1.29 is 0 Å². The van der Waals surface area contributed by atoms with Crippen molar-refractivity contribution >= 4 is 38.2 Å². The number of aromatic nitrogens is 1. The second-order valence-corrected chi connectivity index (χ2v) is 15.9. The molecule has 0 bridgehead atoms. The number of rotatable bonds is 8. The Balaban J connectivity index is 0.919. The molecule has 3 aliphatic carbocycles. The average Bonchev–Trinajstić information content (AvgIpc) is 3.90. The first-order chi connectivity index (χ1) is 27.2. The highest BCUT2D eigenvalue weighted by Gasteiger charge is 2.23. The van der Waals surface area contributed by atoms with Crippen LogP contribution in [-0.4, -0.2) is 4.40 Å². The van der Waals surface area contributed by atoms with Crippen molar-refractivity contribution in [3.05, 3.63) is 222 Å². The Morgan fingerprint density at radius 2 is 1.27 bits per heavy atom. The van der Waals surface area contributed by atoms with Crippen LogP contribution >= 0.6 is 11.3 Å². The number of hydrogen-bond acceptors (Lipinski definition) is 2. The first-order valence-corrected chi connectivity index (χ1v) is 20.3. The second kappa shape index (κ2) is 14.6. The molecule has 0 saturated carbocycles. The Morgan fingerprint density at radius 3 is 2.00 bits per heavy atom. The predicted molar refractivity (Wildman–Crippen MR) is 234 cm³/mol. The molecule has 4 aromatic carbocycles. The van der Waals surface area contributed by atoms with Gasteiger partial charge >= 0.3 is 0 Å². The van der Waals surface area contributed by atoms with E-state index >= 15 is 0 Å².